The predicted octanol–water partition coefficient (Wildman–Crippen LogP) is -0.289. The molecular formula is C7H10N4O3. The van der Waals surface area contributed by atoms with E-state index in [1.54, 1.807) is 0 Å². The zero-order chi connectivity index (χ0) is 10.6. The van der Waals surface area contributed by atoms with E-state index in [4.69, 9.17) is 5.11 Å². The van der Waals surface area contributed by atoms with Crippen molar-refractivity contribution in [2.45, 2.75) is 19.9 Å². The van der Waals surface area contributed by atoms with Crippen molar-refractivity contribution in [2.75, 3.05) is 5.32 Å². The second-order valence-corrected chi connectivity index (χ2v) is 2.69. The quantitative estimate of drug-likeness (QED) is 0.692. The summed E-state index contributed by atoms with van der Waals surface area (Å²) in [6.45, 7) is 1.60. The minimum atomic E-state index is -0.901. The molecule has 1 aromatic rings. The summed E-state index contributed by atoms with van der Waals surface area (Å²) < 4.78 is 1.36. The fourth-order valence-corrected chi connectivity index (χ4v) is 0.856. The molecule has 7 heteroatoms. The van der Waals surface area contributed by atoms with E-state index >= 15 is 0 Å². The second-order valence-electron chi connectivity index (χ2n) is 2.69. The molecule has 0 radical (unpaired) electrons. The normalized spacial score (nSPS) is 9.79. The minimum Gasteiger partial charge on any atom is -0.481 e. The molecule has 1 aromatic heterocycles. The highest BCUT2D eigenvalue weighted by Gasteiger charge is 2.03. The lowest BCUT2D eigenvalue weighted by molar-refractivity contribution is -0.137. The maximum absolute atomic E-state index is 10.6. The first kappa shape index (κ1) is 10.2. The number of carbonyl (C=O) groups excluding carboxylic acids is 1. The van der Waals surface area contributed by atoms with Gasteiger partial charge in [0.25, 0.3) is 0 Å². The zero-order valence-electron chi connectivity index (χ0n) is 7.60. The monoisotopic (exact) mass is 198 g/mol. The number of hydrogen-bond donors (Lipinski definition) is 2. The number of nitrogens with zero attached hydrogens (tertiary/aromatic N) is 3. The molecule has 0 unspecified atom stereocenters. The molecule has 1 rings (SSSR count). The highest BCUT2D eigenvalue weighted by atomic mass is 16.4. The largest absolute Gasteiger partial charge is 0.481 e. The fraction of sp³-hybridized carbons (Fsp3) is 0.429. The Morgan fingerprint density at radius 2 is 2.36 bits per heavy atom. The molecule has 0 aliphatic heterocycles. The Morgan fingerprint density at radius 3 is 2.93 bits per heavy atom. The van der Waals surface area contributed by atoms with Crippen molar-refractivity contribution in [1.29, 1.82) is 0 Å². The summed E-state index contributed by atoms with van der Waals surface area (Å²) in [5, 5.41) is 18.1. The third kappa shape index (κ3) is 3.21. The molecule has 2 N–H and O–H groups in total. The third-order valence-electron chi connectivity index (χ3n) is 1.40. The second kappa shape index (κ2) is 4.35. The SMILES string of the molecule is CC(=O)Nc1cn(CCC(=O)O)nn1. The van der Waals surface area contributed by atoms with E-state index in [1.165, 1.54) is 17.8 Å². The molecule has 14 heavy (non-hydrogen) atoms. The Balaban J connectivity index is 2.50. The number of anilines is 1. The molecule has 0 atom stereocenters. The van der Waals surface area contributed by atoms with E-state index in [0.717, 1.165) is 0 Å². The molecular weight excluding hydrogens is 188 g/mol. The fourth-order valence-electron chi connectivity index (χ4n) is 0.856. The molecule has 0 bridgehead atoms. The highest BCUT2D eigenvalue weighted by Crippen LogP contribution is 2.00. The summed E-state index contributed by atoms with van der Waals surface area (Å²) >= 11 is 0. The minimum absolute atomic E-state index is 0.0249. The lowest BCUT2D eigenvalue weighted by atomic mass is 10.4. The average molecular weight is 198 g/mol. The lowest BCUT2D eigenvalue weighted by Gasteiger charge is -1.94. The van der Waals surface area contributed by atoms with Gasteiger partial charge in [-0.25, -0.2) is 4.68 Å². The van der Waals surface area contributed by atoms with Gasteiger partial charge in [-0.05, 0) is 0 Å². The number of aliphatic carboxylic acids is 1. The molecule has 76 valence electrons. The van der Waals surface area contributed by atoms with Crippen LogP contribution >= 0.6 is 0 Å². The van der Waals surface area contributed by atoms with E-state index in [1.807, 2.05) is 0 Å². The molecule has 0 aliphatic rings. The number of carbonyl (C=O) groups is 2. The van der Waals surface area contributed by atoms with Gasteiger partial charge >= 0.3 is 5.97 Å². The lowest BCUT2D eigenvalue weighted by Crippen LogP contribution is -2.06. The summed E-state index contributed by atoms with van der Waals surface area (Å²) in [6, 6.07) is 0. The van der Waals surface area contributed by atoms with E-state index in [2.05, 4.69) is 15.6 Å². The van der Waals surface area contributed by atoms with E-state index in [-0.39, 0.29) is 18.9 Å². The van der Waals surface area contributed by atoms with E-state index < -0.39 is 5.97 Å². The van der Waals surface area contributed by atoms with Crippen molar-refractivity contribution < 1.29 is 14.7 Å². The molecule has 7 nitrogen and oxygen atoms in total. The van der Waals surface area contributed by atoms with Crippen LogP contribution in [0.15, 0.2) is 6.20 Å². The van der Waals surface area contributed by atoms with Gasteiger partial charge < -0.3 is 10.4 Å². The van der Waals surface area contributed by atoms with Crippen molar-refractivity contribution in [3.63, 3.8) is 0 Å². The van der Waals surface area contributed by atoms with Crippen LogP contribution in [-0.2, 0) is 16.1 Å². The summed E-state index contributed by atoms with van der Waals surface area (Å²) in [5.74, 6) is -0.820. The third-order valence-corrected chi connectivity index (χ3v) is 1.40. The summed E-state index contributed by atoms with van der Waals surface area (Å²) in [7, 11) is 0. The summed E-state index contributed by atoms with van der Waals surface area (Å²) in [4.78, 5) is 20.8. The van der Waals surface area contributed by atoms with Crippen molar-refractivity contribution in [2.24, 2.45) is 0 Å². The van der Waals surface area contributed by atoms with Crippen LogP contribution in [0.3, 0.4) is 0 Å². The Labute approximate surface area is 79.7 Å². The first-order valence-corrected chi connectivity index (χ1v) is 3.97. The number of aryl methyl sites for hydroxylation is 1. The number of hydrogen-bond acceptors (Lipinski definition) is 4. The van der Waals surface area contributed by atoms with E-state index in [0.29, 0.717) is 5.82 Å². The molecule has 0 aliphatic carbocycles. The molecule has 0 saturated heterocycles. The molecule has 0 spiro atoms. The van der Waals surface area contributed by atoms with Crippen LogP contribution in [0.4, 0.5) is 5.82 Å². The molecule has 1 heterocycles. The number of carboxylic acids is 1. The molecule has 1 amide bonds. The Morgan fingerprint density at radius 1 is 1.64 bits per heavy atom. The van der Waals surface area contributed by atoms with Crippen molar-refractivity contribution in [1.82, 2.24) is 15.0 Å². The van der Waals surface area contributed by atoms with Crippen LogP contribution < -0.4 is 5.32 Å². The molecule has 0 saturated carbocycles. The van der Waals surface area contributed by atoms with Gasteiger partial charge in [-0.15, -0.1) is 5.10 Å². The Kier molecular flexibility index (Phi) is 3.16. The highest BCUT2D eigenvalue weighted by molar-refractivity contribution is 5.87. The number of rotatable bonds is 4. The van der Waals surface area contributed by atoms with Crippen LogP contribution in [0.1, 0.15) is 13.3 Å². The van der Waals surface area contributed by atoms with Crippen molar-refractivity contribution >= 4 is 17.7 Å². The average Bonchev–Trinajstić information content (AvgIpc) is 2.47. The van der Waals surface area contributed by atoms with Crippen LogP contribution in [0.25, 0.3) is 0 Å². The van der Waals surface area contributed by atoms with Crippen LogP contribution in [0, 0.1) is 0 Å². The number of nitrogens with one attached hydrogen (secondary N) is 1. The molecule has 0 aromatic carbocycles. The molecule has 0 fully saturated rings. The summed E-state index contributed by atoms with van der Waals surface area (Å²) in [5.41, 5.74) is 0. The maximum Gasteiger partial charge on any atom is 0.305 e. The first-order chi connectivity index (χ1) is 6.58. The maximum atomic E-state index is 10.6. The smallest absolute Gasteiger partial charge is 0.305 e. The first-order valence-electron chi connectivity index (χ1n) is 3.97. The number of amides is 1. The van der Waals surface area contributed by atoms with Gasteiger partial charge in [-0.3, -0.25) is 9.59 Å². The predicted molar refractivity (Wildman–Crippen MR) is 46.6 cm³/mol. The van der Waals surface area contributed by atoms with Gasteiger partial charge in [0.2, 0.25) is 5.91 Å². The van der Waals surface area contributed by atoms with Gasteiger partial charge in [0, 0.05) is 6.92 Å². The van der Waals surface area contributed by atoms with Gasteiger partial charge in [-0.2, -0.15) is 0 Å². The van der Waals surface area contributed by atoms with E-state index in [9.17, 15) is 9.59 Å². The number of carboxylic acid groups (broad SMARTS) is 1. The summed E-state index contributed by atoms with van der Waals surface area (Å²) in [6.07, 6.45) is 1.45. The van der Waals surface area contributed by atoms with Crippen LogP contribution in [-0.4, -0.2) is 32.0 Å². The van der Waals surface area contributed by atoms with Crippen molar-refractivity contribution in [3.8, 4) is 0 Å². The number of aromatic nitrogens is 3. The Hall–Kier alpha value is -1.92. The topological polar surface area (TPSA) is 97.1 Å². The Bertz CT molecular complexity index is 346. The van der Waals surface area contributed by atoms with Gasteiger partial charge in [-0.1, -0.05) is 5.21 Å². The van der Waals surface area contributed by atoms with Gasteiger partial charge in [0.1, 0.15) is 0 Å². The van der Waals surface area contributed by atoms with Crippen molar-refractivity contribution in [3.05, 3.63) is 6.20 Å². The van der Waals surface area contributed by atoms with Gasteiger partial charge in [0.05, 0.1) is 19.2 Å². The van der Waals surface area contributed by atoms with Crippen LogP contribution in [0.5, 0.6) is 0 Å². The standard InChI is InChI=1S/C7H10N4O3/c1-5(12)8-6-4-11(10-9-6)3-2-7(13)14/h4H,2-3H2,1H3,(H,8,12)(H,13,14). The van der Waals surface area contributed by atoms with Gasteiger partial charge in [0.15, 0.2) is 5.82 Å². The zero-order valence-corrected chi connectivity index (χ0v) is 7.60. The van der Waals surface area contributed by atoms with Crippen LogP contribution in [0.2, 0.25) is 0 Å².